The van der Waals surface area contributed by atoms with Gasteiger partial charge < -0.3 is 14.9 Å². The number of halogens is 1. The zero-order valence-corrected chi connectivity index (χ0v) is 17.2. The molecule has 0 spiro atoms. The lowest BCUT2D eigenvalue weighted by atomic mass is 10.2. The second-order valence-corrected chi connectivity index (χ2v) is 8.11. The third-order valence-corrected chi connectivity index (χ3v) is 5.98. The second-order valence-electron chi connectivity index (χ2n) is 8.11. The lowest BCUT2D eigenvalue weighted by Crippen LogP contribution is -2.29. The Kier molecular flexibility index (Phi) is 5.00. The van der Waals surface area contributed by atoms with Crippen molar-refractivity contribution in [2.45, 2.75) is 19.3 Å². The number of nitrogens with zero attached hydrogens (tertiary/aromatic N) is 5. The van der Waals surface area contributed by atoms with E-state index in [1.165, 1.54) is 6.07 Å². The standard InChI is InChI=1S/C23H26FN5O/c1-27-9-3-10-28(12-11-27)22-8-6-19-23(26-22)29-20-7-5-17(24)14-16(20)15-21(29)18(25-19)4-2-13-30/h5-8,14-15,30H,2-4,9-13H2,1H3. The summed E-state index contributed by atoms with van der Waals surface area (Å²) in [5, 5.41) is 10.1. The van der Waals surface area contributed by atoms with Crippen molar-refractivity contribution in [1.82, 2.24) is 19.3 Å². The van der Waals surface area contributed by atoms with Crippen molar-refractivity contribution >= 4 is 33.4 Å². The molecule has 7 heteroatoms. The fraction of sp³-hybridized carbons (Fsp3) is 0.391. The van der Waals surface area contributed by atoms with Gasteiger partial charge in [-0.1, -0.05) is 0 Å². The van der Waals surface area contributed by atoms with Crippen LogP contribution in [0.5, 0.6) is 0 Å². The number of aliphatic hydroxyl groups is 1. The smallest absolute Gasteiger partial charge is 0.166 e. The Morgan fingerprint density at radius 2 is 1.90 bits per heavy atom. The Labute approximate surface area is 174 Å². The lowest BCUT2D eigenvalue weighted by molar-refractivity contribution is 0.288. The summed E-state index contributed by atoms with van der Waals surface area (Å²) < 4.78 is 16.0. The highest BCUT2D eigenvalue weighted by atomic mass is 19.1. The number of aromatic nitrogens is 3. The quantitative estimate of drug-likeness (QED) is 0.563. The molecule has 4 heterocycles. The zero-order chi connectivity index (χ0) is 20.7. The van der Waals surface area contributed by atoms with Crippen LogP contribution in [0.25, 0.3) is 27.6 Å². The molecular weight excluding hydrogens is 381 g/mol. The van der Waals surface area contributed by atoms with Crippen LogP contribution in [0.3, 0.4) is 0 Å². The molecule has 156 valence electrons. The van der Waals surface area contributed by atoms with E-state index in [-0.39, 0.29) is 12.4 Å². The molecule has 5 rings (SSSR count). The molecule has 1 saturated heterocycles. The first-order valence-electron chi connectivity index (χ1n) is 10.6. The van der Waals surface area contributed by atoms with Crippen molar-refractivity contribution in [2.24, 2.45) is 0 Å². The van der Waals surface area contributed by atoms with Crippen LogP contribution < -0.4 is 4.90 Å². The van der Waals surface area contributed by atoms with Crippen molar-refractivity contribution < 1.29 is 9.50 Å². The minimum atomic E-state index is -0.255. The molecule has 30 heavy (non-hydrogen) atoms. The van der Waals surface area contributed by atoms with Gasteiger partial charge in [0.05, 0.1) is 16.7 Å². The highest BCUT2D eigenvalue weighted by Gasteiger charge is 2.18. The number of rotatable bonds is 4. The van der Waals surface area contributed by atoms with Crippen LogP contribution in [0.2, 0.25) is 0 Å². The number of hydrogen-bond acceptors (Lipinski definition) is 5. The van der Waals surface area contributed by atoms with Gasteiger partial charge in [-0.25, -0.2) is 14.4 Å². The molecule has 0 bridgehead atoms. The first kappa shape index (κ1) is 19.2. The average molecular weight is 407 g/mol. The number of anilines is 1. The Morgan fingerprint density at radius 3 is 2.77 bits per heavy atom. The molecular formula is C23H26FN5O. The van der Waals surface area contributed by atoms with E-state index in [9.17, 15) is 9.50 Å². The maximum absolute atomic E-state index is 13.9. The summed E-state index contributed by atoms with van der Waals surface area (Å²) >= 11 is 0. The van der Waals surface area contributed by atoms with E-state index >= 15 is 0 Å². The number of pyridine rings is 1. The van der Waals surface area contributed by atoms with Gasteiger partial charge in [-0.2, -0.15) is 0 Å². The summed E-state index contributed by atoms with van der Waals surface area (Å²) in [7, 11) is 2.16. The molecule has 1 fully saturated rings. The SMILES string of the molecule is CN1CCCN(c2ccc3nc(CCCO)c4cc5cc(F)ccc5n4c3n2)CC1. The van der Waals surface area contributed by atoms with E-state index in [0.29, 0.717) is 12.8 Å². The number of fused-ring (bicyclic) bond motifs is 5. The fourth-order valence-corrected chi connectivity index (χ4v) is 4.39. The molecule has 1 aromatic carbocycles. The number of aryl methyl sites for hydroxylation is 1. The molecule has 0 amide bonds. The monoisotopic (exact) mass is 407 g/mol. The fourth-order valence-electron chi connectivity index (χ4n) is 4.39. The molecule has 0 radical (unpaired) electrons. The van der Waals surface area contributed by atoms with E-state index in [2.05, 4.69) is 21.2 Å². The van der Waals surface area contributed by atoms with Crippen LogP contribution in [0, 0.1) is 5.82 Å². The minimum absolute atomic E-state index is 0.112. The summed E-state index contributed by atoms with van der Waals surface area (Å²) in [6.45, 7) is 4.14. The number of aliphatic hydroxyl groups excluding tert-OH is 1. The highest BCUT2D eigenvalue weighted by molar-refractivity contribution is 5.93. The van der Waals surface area contributed by atoms with Gasteiger partial charge in [-0.05, 0) is 69.3 Å². The van der Waals surface area contributed by atoms with Crippen LogP contribution in [0.1, 0.15) is 18.5 Å². The van der Waals surface area contributed by atoms with Crippen LogP contribution in [-0.4, -0.2) is 64.2 Å². The Bertz CT molecular complexity index is 1220. The Morgan fingerprint density at radius 1 is 1.00 bits per heavy atom. The van der Waals surface area contributed by atoms with E-state index in [1.54, 1.807) is 6.07 Å². The third kappa shape index (κ3) is 3.38. The first-order valence-corrected chi connectivity index (χ1v) is 10.6. The summed E-state index contributed by atoms with van der Waals surface area (Å²) in [6.07, 6.45) is 2.40. The highest BCUT2D eigenvalue weighted by Crippen LogP contribution is 2.29. The van der Waals surface area contributed by atoms with Gasteiger partial charge in [0.25, 0.3) is 0 Å². The predicted octanol–water partition coefficient (Wildman–Crippen LogP) is 3.24. The van der Waals surface area contributed by atoms with Crippen molar-refractivity contribution in [3.63, 3.8) is 0 Å². The minimum Gasteiger partial charge on any atom is -0.396 e. The van der Waals surface area contributed by atoms with Crippen LogP contribution in [0.4, 0.5) is 10.2 Å². The largest absolute Gasteiger partial charge is 0.396 e. The molecule has 6 nitrogen and oxygen atoms in total. The lowest BCUT2D eigenvalue weighted by Gasteiger charge is -2.22. The van der Waals surface area contributed by atoms with Crippen molar-refractivity contribution in [2.75, 3.05) is 44.7 Å². The van der Waals surface area contributed by atoms with E-state index in [1.807, 2.05) is 24.3 Å². The molecule has 1 aliphatic rings. The summed E-state index contributed by atoms with van der Waals surface area (Å²) in [5.41, 5.74) is 4.35. The third-order valence-electron chi connectivity index (χ3n) is 5.98. The van der Waals surface area contributed by atoms with Crippen molar-refractivity contribution in [3.8, 4) is 0 Å². The number of hydrogen-bond donors (Lipinski definition) is 1. The zero-order valence-electron chi connectivity index (χ0n) is 17.2. The Balaban J connectivity index is 1.72. The van der Waals surface area contributed by atoms with Crippen LogP contribution in [-0.2, 0) is 6.42 Å². The predicted molar refractivity (Wildman–Crippen MR) is 118 cm³/mol. The Hall–Kier alpha value is -2.77. The average Bonchev–Trinajstić information content (AvgIpc) is 2.99. The second kappa shape index (κ2) is 7.81. The topological polar surface area (TPSA) is 56.9 Å². The van der Waals surface area contributed by atoms with Gasteiger partial charge in [0, 0.05) is 31.6 Å². The molecule has 3 aromatic heterocycles. The summed E-state index contributed by atoms with van der Waals surface area (Å²) in [6, 6.07) is 10.9. The van der Waals surface area contributed by atoms with E-state index < -0.39 is 0 Å². The number of likely N-dealkylation sites (N-methyl/N-ethyl adjacent to an activating group) is 1. The van der Waals surface area contributed by atoms with Crippen LogP contribution in [0.15, 0.2) is 36.4 Å². The summed E-state index contributed by atoms with van der Waals surface area (Å²) in [5.74, 6) is 0.697. The van der Waals surface area contributed by atoms with Gasteiger partial charge in [0.15, 0.2) is 5.65 Å². The molecule has 0 aliphatic carbocycles. The normalized spacial score (nSPS) is 16.0. The van der Waals surface area contributed by atoms with Gasteiger partial charge in [0.2, 0.25) is 0 Å². The molecule has 0 unspecified atom stereocenters. The van der Waals surface area contributed by atoms with E-state index in [4.69, 9.17) is 9.97 Å². The van der Waals surface area contributed by atoms with Gasteiger partial charge in [-0.15, -0.1) is 0 Å². The van der Waals surface area contributed by atoms with Crippen molar-refractivity contribution in [1.29, 1.82) is 0 Å². The maximum atomic E-state index is 13.9. The summed E-state index contributed by atoms with van der Waals surface area (Å²) in [4.78, 5) is 14.6. The van der Waals surface area contributed by atoms with E-state index in [0.717, 1.165) is 71.7 Å². The molecule has 0 atom stereocenters. The molecule has 0 saturated carbocycles. The maximum Gasteiger partial charge on any atom is 0.166 e. The molecule has 4 aromatic rings. The first-order chi connectivity index (χ1) is 14.6. The van der Waals surface area contributed by atoms with Crippen molar-refractivity contribution in [3.05, 3.63) is 47.9 Å². The van der Waals surface area contributed by atoms with Crippen LogP contribution >= 0.6 is 0 Å². The van der Waals surface area contributed by atoms with Gasteiger partial charge in [0.1, 0.15) is 17.2 Å². The number of benzene rings is 1. The molecule has 1 N–H and O–H groups in total. The molecule has 1 aliphatic heterocycles. The van der Waals surface area contributed by atoms with Gasteiger partial charge in [-0.3, -0.25) is 4.40 Å². The van der Waals surface area contributed by atoms with Gasteiger partial charge >= 0.3 is 0 Å².